The third kappa shape index (κ3) is 11.3. The lowest BCUT2D eigenvalue weighted by molar-refractivity contribution is 0.243. The summed E-state index contributed by atoms with van der Waals surface area (Å²) in [5, 5.41) is 0. The number of hydrogen-bond acceptors (Lipinski definition) is 1. The van der Waals surface area contributed by atoms with Gasteiger partial charge in [0, 0.05) is 0 Å². The third-order valence-electron chi connectivity index (χ3n) is 1.89. The zero-order valence-electron chi connectivity index (χ0n) is 8.80. The van der Waals surface area contributed by atoms with E-state index in [2.05, 4.69) is 25.7 Å². The summed E-state index contributed by atoms with van der Waals surface area (Å²) >= 11 is 0. The van der Waals surface area contributed by atoms with Crippen molar-refractivity contribution in [2.45, 2.75) is 45.4 Å². The fourth-order valence-corrected chi connectivity index (χ4v) is 1.09. The van der Waals surface area contributed by atoms with Crippen LogP contribution in [-0.2, 0) is 4.74 Å². The Labute approximate surface area is 82.5 Å². The second kappa shape index (κ2) is 11.3. The van der Waals surface area contributed by atoms with Gasteiger partial charge in [-0.1, -0.05) is 38.5 Å². The maximum atomic E-state index is 5.02. The van der Waals surface area contributed by atoms with E-state index in [1.54, 1.807) is 0 Å². The van der Waals surface area contributed by atoms with Crippen molar-refractivity contribution in [2.24, 2.45) is 0 Å². The van der Waals surface area contributed by atoms with E-state index in [9.17, 15) is 0 Å². The van der Waals surface area contributed by atoms with Gasteiger partial charge in [0.1, 0.15) is 0 Å². The normalized spacial score (nSPS) is 10.5. The Kier molecular flexibility index (Phi) is 10.7. The topological polar surface area (TPSA) is 9.23 Å². The molecule has 0 N–H and O–H groups in total. The first kappa shape index (κ1) is 12.3. The molecule has 0 aromatic carbocycles. The summed E-state index contributed by atoms with van der Waals surface area (Å²) in [7, 11) is 0. The molecule has 0 saturated carbocycles. The summed E-state index contributed by atoms with van der Waals surface area (Å²) in [4.78, 5) is 0. The lowest BCUT2D eigenvalue weighted by Crippen LogP contribution is -1.85. The maximum Gasteiger partial charge on any atom is 0.0873 e. The number of rotatable bonds is 9. The van der Waals surface area contributed by atoms with Gasteiger partial charge in [0.2, 0.25) is 0 Å². The Balaban J connectivity index is 2.97. The lowest BCUT2D eigenvalue weighted by Gasteiger charge is -1.97. The van der Waals surface area contributed by atoms with Crippen LogP contribution in [0.2, 0.25) is 0 Å². The smallest absolute Gasteiger partial charge is 0.0873 e. The first-order valence-electron chi connectivity index (χ1n) is 5.29. The lowest BCUT2D eigenvalue weighted by atomic mass is 10.2. The molecular weight excluding hydrogens is 160 g/mol. The highest BCUT2D eigenvalue weighted by Gasteiger charge is 1.84. The summed E-state index contributed by atoms with van der Waals surface area (Å²) in [6.45, 7) is 6.53. The van der Waals surface area contributed by atoms with Crippen LogP contribution in [0.15, 0.2) is 25.0 Å². The summed E-state index contributed by atoms with van der Waals surface area (Å²) in [6.07, 6.45) is 13.5. The zero-order valence-corrected chi connectivity index (χ0v) is 8.80. The van der Waals surface area contributed by atoms with Gasteiger partial charge in [-0.05, 0) is 25.7 Å². The molecule has 0 heterocycles. The molecule has 0 atom stereocenters. The van der Waals surface area contributed by atoms with Crippen LogP contribution in [0.4, 0.5) is 0 Å². The number of unbranched alkanes of at least 4 members (excludes halogenated alkanes) is 4. The predicted octanol–water partition coefficient (Wildman–Crippen LogP) is 4.06. The van der Waals surface area contributed by atoms with Crippen molar-refractivity contribution in [1.29, 1.82) is 0 Å². The fourth-order valence-electron chi connectivity index (χ4n) is 1.09. The second-order valence-corrected chi connectivity index (χ2v) is 3.15. The van der Waals surface area contributed by atoms with Crippen molar-refractivity contribution >= 4 is 0 Å². The first-order valence-corrected chi connectivity index (χ1v) is 5.29. The van der Waals surface area contributed by atoms with E-state index in [1.165, 1.54) is 38.4 Å². The zero-order chi connectivity index (χ0) is 9.78. The molecule has 0 aromatic rings. The van der Waals surface area contributed by atoms with Gasteiger partial charge in [-0.2, -0.15) is 0 Å². The average Bonchev–Trinajstić information content (AvgIpc) is 2.16. The summed E-state index contributed by atoms with van der Waals surface area (Å²) < 4.78 is 5.02. The molecule has 0 aromatic heterocycles. The third-order valence-corrected chi connectivity index (χ3v) is 1.89. The Morgan fingerprint density at radius 2 is 1.77 bits per heavy atom. The molecule has 0 unspecified atom stereocenters. The molecule has 1 heteroatoms. The Morgan fingerprint density at radius 1 is 1.08 bits per heavy atom. The second-order valence-electron chi connectivity index (χ2n) is 3.15. The van der Waals surface area contributed by atoms with Gasteiger partial charge in [-0.25, -0.2) is 0 Å². The van der Waals surface area contributed by atoms with Gasteiger partial charge in [0.25, 0.3) is 0 Å². The summed E-state index contributed by atoms with van der Waals surface area (Å²) in [5.41, 5.74) is 0. The first-order chi connectivity index (χ1) is 6.41. The highest BCUT2D eigenvalue weighted by Crippen LogP contribution is 2.00. The quantitative estimate of drug-likeness (QED) is 0.297. The SMILES string of the molecule is C=COCCCC/C=C/CCCC. The van der Waals surface area contributed by atoms with Crippen molar-refractivity contribution in [1.82, 2.24) is 0 Å². The van der Waals surface area contributed by atoms with E-state index < -0.39 is 0 Å². The summed E-state index contributed by atoms with van der Waals surface area (Å²) in [5.74, 6) is 0. The summed E-state index contributed by atoms with van der Waals surface area (Å²) in [6, 6.07) is 0. The minimum atomic E-state index is 0.812. The minimum Gasteiger partial charge on any atom is -0.502 e. The molecule has 13 heavy (non-hydrogen) atoms. The van der Waals surface area contributed by atoms with E-state index >= 15 is 0 Å². The Bertz CT molecular complexity index is 127. The standard InChI is InChI=1S/C12H22O/c1-3-5-6-7-8-9-10-11-12-13-4-2/h4,7-8H,2-3,5-6,9-12H2,1H3/b8-7+. The molecule has 0 bridgehead atoms. The van der Waals surface area contributed by atoms with Gasteiger partial charge in [-0.15, -0.1) is 0 Å². The van der Waals surface area contributed by atoms with Crippen molar-refractivity contribution in [3.63, 3.8) is 0 Å². The van der Waals surface area contributed by atoms with Crippen molar-refractivity contribution in [3.05, 3.63) is 25.0 Å². The number of allylic oxidation sites excluding steroid dienone is 2. The highest BCUT2D eigenvalue weighted by molar-refractivity contribution is 4.81. The van der Waals surface area contributed by atoms with Gasteiger partial charge < -0.3 is 4.74 Å². The molecule has 0 rings (SSSR count). The van der Waals surface area contributed by atoms with Crippen LogP contribution in [0, 0.1) is 0 Å². The van der Waals surface area contributed by atoms with Crippen molar-refractivity contribution in [3.8, 4) is 0 Å². The number of ether oxygens (including phenoxy) is 1. The van der Waals surface area contributed by atoms with Crippen LogP contribution in [0.25, 0.3) is 0 Å². The van der Waals surface area contributed by atoms with Crippen molar-refractivity contribution in [2.75, 3.05) is 6.61 Å². The molecule has 0 fully saturated rings. The van der Waals surface area contributed by atoms with Crippen LogP contribution in [0.1, 0.15) is 45.4 Å². The predicted molar refractivity (Wildman–Crippen MR) is 58.7 cm³/mol. The molecule has 1 nitrogen and oxygen atoms in total. The Hall–Kier alpha value is -0.720. The molecule has 0 aliphatic carbocycles. The highest BCUT2D eigenvalue weighted by atomic mass is 16.5. The molecule has 0 radical (unpaired) electrons. The van der Waals surface area contributed by atoms with E-state index in [0.717, 1.165) is 13.0 Å². The largest absolute Gasteiger partial charge is 0.502 e. The van der Waals surface area contributed by atoms with Crippen LogP contribution in [-0.4, -0.2) is 6.61 Å². The van der Waals surface area contributed by atoms with Gasteiger partial charge in [0.15, 0.2) is 0 Å². The van der Waals surface area contributed by atoms with E-state index in [-0.39, 0.29) is 0 Å². The molecule has 0 amide bonds. The van der Waals surface area contributed by atoms with Crippen LogP contribution in [0.5, 0.6) is 0 Å². The molecule has 0 aliphatic rings. The van der Waals surface area contributed by atoms with E-state index in [0.29, 0.717) is 0 Å². The van der Waals surface area contributed by atoms with Crippen LogP contribution in [0.3, 0.4) is 0 Å². The molecular formula is C12H22O. The van der Waals surface area contributed by atoms with E-state index in [1.807, 2.05) is 0 Å². The monoisotopic (exact) mass is 182 g/mol. The minimum absolute atomic E-state index is 0.812. The fraction of sp³-hybridized carbons (Fsp3) is 0.667. The molecule has 0 spiro atoms. The van der Waals surface area contributed by atoms with Crippen molar-refractivity contribution < 1.29 is 4.74 Å². The van der Waals surface area contributed by atoms with Crippen LogP contribution >= 0.6 is 0 Å². The van der Waals surface area contributed by atoms with Gasteiger partial charge >= 0.3 is 0 Å². The maximum absolute atomic E-state index is 5.02. The molecule has 76 valence electrons. The Morgan fingerprint density at radius 3 is 2.38 bits per heavy atom. The van der Waals surface area contributed by atoms with Crippen LogP contribution < -0.4 is 0 Å². The molecule has 0 saturated heterocycles. The number of hydrogen-bond donors (Lipinski definition) is 0. The average molecular weight is 182 g/mol. The molecule has 0 aliphatic heterocycles. The van der Waals surface area contributed by atoms with Gasteiger partial charge in [-0.3, -0.25) is 0 Å². The van der Waals surface area contributed by atoms with Gasteiger partial charge in [0.05, 0.1) is 12.9 Å². The van der Waals surface area contributed by atoms with E-state index in [4.69, 9.17) is 4.74 Å².